The van der Waals surface area contributed by atoms with Gasteiger partial charge in [-0.05, 0) is 28.8 Å². The van der Waals surface area contributed by atoms with Crippen LogP contribution >= 0.6 is 0 Å². The average molecular weight is 337 g/mol. The van der Waals surface area contributed by atoms with Crippen molar-refractivity contribution < 1.29 is 18.1 Å². The van der Waals surface area contributed by atoms with Gasteiger partial charge in [0.25, 0.3) is 5.69 Å². The second-order valence-corrected chi connectivity index (χ2v) is 5.55. The van der Waals surface area contributed by atoms with Gasteiger partial charge in [-0.2, -0.15) is 13.2 Å². The maximum absolute atomic E-state index is 13.0. The summed E-state index contributed by atoms with van der Waals surface area (Å²) in [6, 6.07) is 8.82. The molecule has 2 aromatic rings. The molecule has 0 unspecified atom stereocenters. The van der Waals surface area contributed by atoms with Crippen molar-refractivity contribution in [1.29, 1.82) is 0 Å². The van der Waals surface area contributed by atoms with E-state index in [1.54, 1.807) is 0 Å². The molecular formula is C16H14F3N3O2. The first-order valence-electron chi connectivity index (χ1n) is 7.25. The number of nitro benzene ring substituents is 1. The fourth-order valence-corrected chi connectivity index (χ4v) is 2.69. The molecule has 2 aromatic carbocycles. The maximum Gasteiger partial charge on any atom is 0.423 e. The van der Waals surface area contributed by atoms with Gasteiger partial charge in [-0.25, -0.2) is 0 Å². The Morgan fingerprint density at radius 2 is 1.88 bits per heavy atom. The number of nitrogens with one attached hydrogen (secondary N) is 2. The van der Waals surface area contributed by atoms with Crippen LogP contribution in [0.4, 0.5) is 24.5 Å². The lowest BCUT2D eigenvalue weighted by Gasteiger charge is -2.12. The Morgan fingerprint density at radius 3 is 2.58 bits per heavy atom. The Hall–Kier alpha value is -2.61. The van der Waals surface area contributed by atoms with Crippen LogP contribution < -0.4 is 10.6 Å². The van der Waals surface area contributed by atoms with Crippen molar-refractivity contribution in [3.05, 3.63) is 68.8 Å². The first kappa shape index (κ1) is 16.3. The van der Waals surface area contributed by atoms with E-state index in [1.165, 1.54) is 17.2 Å². The van der Waals surface area contributed by atoms with Crippen LogP contribution in [0.5, 0.6) is 0 Å². The van der Waals surface area contributed by atoms with Crippen LogP contribution in [0.25, 0.3) is 0 Å². The summed E-state index contributed by atoms with van der Waals surface area (Å²) in [6.45, 7) is 1.93. The Morgan fingerprint density at radius 1 is 1.12 bits per heavy atom. The number of anilines is 1. The molecule has 0 aliphatic carbocycles. The zero-order chi connectivity index (χ0) is 17.3. The van der Waals surface area contributed by atoms with Crippen molar-refractivity contribution in [1.82, 2.24) is 5.32 Å². The highest BCUT2D eigenvalue weighted by Crippen LogP contribution is 2.37. The van der Waals surface area contributed by atoms with Crippen molar-refractivity contribution in [2.24, 2.45) is 0 Å². The van der Waals surface area contributed by atoms with Gasteiger partial charge in [-0.1, -0.05) is 18.2 Å². The molecule has 126 valence electrons. The lowest BCUT2D eigenvalue weighted by atomic mass is 10.1. The first-order valence-corrected chi connectivity index (χ1v) is 7.25. The van der Waals surface area contributed by atoms with E-state index in [2.05, 4.69) is 10.6 Å². The number of fused-ring (bicyclic) bond motifs is 1. The highest BCUT2D eigenvalue weighted by atomic mass is 19.4. The molecule has 0 aromatic heterocycles. The number of alkyl halides is 3. The minimum absolute atomic E-state index is 0.187. The molecule has 0 bridgehead atoms. The zero-order valence-electron chi connectivity index (χ0n) is 12.5. The highest BCUT2D eigenvalue weighted by molar-refractivity contribution is 5.55. The molecule has 1 aliphatic heterocycles. The summed E-state index contributed by atoms with van der Waals surface area (Å²) in [5.74, 6) is 0. The van der Waals surface area contributed by atoms with Crippen LogP contribution in [0.15, 0.2) is 36.4 Å². The normalized spacial score (nSPS) is 13.6. The smallest absolute Gasteiger partial charge is 0.381 e. The third-order valence-corrected chi connectivity index (χ3v) is 3.90. The molecule has 3 rings (SSSR count). The third-order valence-electron chi connectivity index (χ3n) is 3.90. The molecular weight excluding hydrogens is 323 g/mol. The van der Waals surface area contributed by atoms with Gasteiger partial charge in [0.1, 0.15) is 5.56 Å². The van der Waals surface area contributed by atoms with E-state index in [9.17, 15) is 23.3 Å². The van der Waals surface area contributed by atoms with E-state index in [0.717, 1.165) is 30.8 Å². The molecule has 0 amide bonds. The van der Waals surface area contributed by atoms with Gasteiger partial charge < -0.3 is 10.6 Å². The average Bonchev–Trinajstić information content (AvgIpc) is 2.99. The van der Waals surface area contributed by atoms with Gasteiger partial charge in [0.2, 0.25) is 0 Å². The minimum Gasteiger partial charge on any atom is -0.381 e. The van der Waals surface area contributed by atoms with E-state index in [4.69, 9.17) is 0 Å². The molecule has 24 heavy (non-hydrogen) atoms. The molecule has 2 N–H and O–H groups in total. The summed E-state index contributed by atoms with van der Waals surface area (Å²) >= 11 is 0. The number of rotatable bonds is 4. The quantitative estimate of drug-likeness (QED) is 0.657. The Kier molecular flexibility index (Phi) is 4.15. The molecule has 8 heteroatoms. The van der Waals surface area contributed by atoms with Crippen LogP contribution in [-0.2, 0) is 25.8 Å². The SMILES string of the molecule is O=[N+]([O-])c1ccc(NCc2ccc3c(c2)CNC3)cc1C(F)(F)F. The van der Waals surface area contributed by atoms with Crippen molar-refractivity contribution in [2.75, 3.05) is 5.32 Å². The number of benzene rings is 2. The second kappa shape index (κ2) is 6.12. The highest BCUT2D eigenvalue weighted by Gasteiger charge is 2.38. The van der Waals surface area contributed by atoms with Gasteiger partial charge in [-0.15, -0.1) is 0 Å². The van der Waals surface area contributed by atoms with E-state index in [1.807, 2.05) is 18.2 Å². The Labute approximate surface area is 135 Å². The summed E-state index contributed by atoms with van der Waals surface area (Å²) in [5, 5.41) is 16.9. The van der Waals surface area contributed by atoms with Gasteiger partial charge in [0.15, 0.2) is 0 Å². The van der Waals surface area contributed by atoms with Crippen LogP contribution in [-0.4, -0.2) is 4.92 Å². The molecule has 0 spiro atoms. The zero-order valence-corrected chi connectivity index (χ0v) is 12.5. The summed E-state index contributed by atoms with van der Waals surface area (Å²) < 4.78 is 38.9. The van der Waals surface area contributed by atoms with Crippen molar-refractivity contribution in [3.8, 4) is 0 Å². The molecule has 5 nitrogen and oxygen atoms in total. The van der Waals surface area contributed by atoms with Crippen molar-refractivity contribution in [2.45, 2.75) is 25.8 Å². The number of halogens is 3. The molecule has 1 aliphatic rings. The fraction of sp³-hybridized carbons (Fsp3) is 0.250. The topological polar surface area (TPSA) is 67.2 Å². The molecule has 0 saturated heterocycles. The van der Waals surface area contributed by atoms with E-state index >= 15 is 0 Å². The van der Waals surface area contributed by atoms with Crippen LogP contribution in [0.2, 0.25) is 0 Å². The maximum atomic E-state index is 13.0. The molecule has 1 heterocycles. The number of hydrogen-bond acceptors (Lipinski definition) is 4. The predicted octanol–water partition coefficient (Wildman–Crippen LogP) is 3.83. The second-order valence-electron chi connectivity index (χ2n) is 5.55. The lowest BCUT2D eigenvalue weighted by Crippen LogP contribution is -2.10. The van der Waals surface area contributed by atoms with E-state index in [0.29, 0.717) is 6.54 Å². The van der Waals surface area contributed by atoms with Crippen LogP contribution in [0, 0.1) is 10.1 Å². The summed E-state index contributed by atoms with van der Waals surface area (Å²) in [6.07, 6.45) is -4.78. The number of hydrogen-bond donors (Lipinski definition) is 2. The third kappa shape index (κ3) is 3.33. The first-order chi connectivity index (χ1) is 11.3. The van der Waals surface area contributed by atoms with E-state index in [-0.39, 0.29) is 5.69 Å². The number of nitrogens with zero attached hydrogens (tertiary/aromatic N) is 1. The molecule has 0 saturated carbocycles. The summed E-state index contributed by atoms with van der Waals surface area (Å²) in [4.78, 5) is 9.72. The van der Waals surface area contributed by atoms with Gasteiger partial charge >= 0.3 is 6.18 Å². The fourth-order valence-electron chi connectivity index (χ4n) is 2.69. The molecule has 0 atom stereocenters. The van der Waals surface area contributed by atoms with Crippen molar-refractivity contribution >= 4 is 11.4 Å². The number of nitro groups is 1. The van der Waals surface area contributed by atoms with Crippen LogP contribution in [0.3, 0.4) is 0 Å². The summed E-state index contributed by atoms with van der Waals surface area (Å²) in [7, 11) is 0. The van der Waals surface area contributed by atoms with Gasteiger partial charge in [0, 0.05) is 31.4 Å². The Balaban J connectivity index is 1.79. The minimum atomic E-state index is -4.78. The van der Waals surface area contributed by atoms with E-state index < -0.39 is 22.4 Å². The summed E-state index contributed by atoms with van der Waals surface area (Å²) in [5.41, 5.74) is 1.31. The van der Waals surface area contributed by atoms with Crippen LogP contribution in [0.1, 0.15) is 22.3 Å². The van der Waals surface area contributed by atoms with Gasteiger partial charge in [-0.3, -0.25) is 10.1 Å². The standard InChI is InChI=1S/C16H14F3N3O2/c17-16(18,19)14-6-13(3-4-15(14)22(23)24)21-7-10-1-2-11-8-20-9-12(11)5-10/h1-6,20-21H,7-9H2. The van der Waals surface area contributed by atoms with Gasteiger partial charge in [0.05, 0.1) is 4.92 Å². The lowest BCUT2D eigenvalue weighted by molar-refractivity contribution is -0.388. The Bertz CT molecular complexity index is 791. The molecule has 0 fully saturated rings. The molecule has 0 radical (unpaired) electrons. The monoisotopic (exact) mass is 337 g/mol. The van der Waals surface area contributed by atoms with Crippen molar-refractivity contribution in [3.63, 3.8) is 0 Å². The largest absolute Gasteiger partial charge is 0.423 e. The predicted molar refractivity (Wildman–Crippen MR) is 82.4 cm³/mol.